The molecule has 0 aliphatic carbocycles. The zero-order valence-electron chi connectivity index (χ0n) is 16.1. The van der Waals surface area contributed by atoms with Crippen LogP contribution in [0.3, 0.4) is 0 Å². The minimum absolute atomic E-state index is 0.0283. The Morgan fingerprint density at radius 2 is 1.75 bits per heavy atom. The van der Waals surface area contributed by atoms with E-state index in [1.54, 1.807) is 19.1 Å². The van der Waals surface area contributed by atoms with Gasteiger partial charge in [-0.1, -0.05) is 36.4 Å². The van der Waals surface area contributed by atoms with Crippen LogP contribution in [-0.4, -0.2) is 49.2 Å². The minimum atomic E-state index is -0.857. The number of ether oxygens (including phenoxy) is 2. The molecule has 1 aliphatic rings. The number of carbonyl (C=O) groups is 2. The second kappa shape index (κ2) is 8.78. The zero-order chi connectivity index (χ0) is 20.1. The summed E-state index contributed by atoms with van der Waals surface area (Å²) in [7, 11) is 3.16. The van der Waals surface area contributed by atoms with E-state index >= 15 is 0 Å². The van der Waals surface area contributed by atoms with Gasteiger partial charge in [0.1, 0.15) is 0 Å². The Labute approximate surface area is 164 Å². The number of methoxy groups -OCH3 is 2. The molecule has 6 heteroatoms. The van der Waals surface area contributed by atoms with Gasteiger partial charge in [-0.25, -0.2) is 0 Å². The van der Waals surface area contributed by atoms with Gasteiger partial charge in [0, 0.05) is 25.4 Å². The van der Waals surface area contributed by atoms with E-state index in [1.807, 2.05) is 48.5 Å². The maximum Gasteiger partial charge on any atom is 0.308 e. The van der Waals surface area contributed by atoms with E-state index in [1.165, 1.54) is 0 Å². The normalized spacial score (nSPS) is 18.7. The molecule has 1 saturated heterocycles. The van der Waals surface area contributed by atoms with Crippen LogP contribution >= 0.6 is 0 Å². The molecule has 2 atom stereocenters. The van der Waals surface area contributed by atoms with Gasteiger partial charge in [-0.15, -0.1) is 0 Å². The predicted octanol–water partition coefficient (Wildman–Crippen LogP) is 2.96. The lowest BCUT2D eigenvalue weighted by molar-refractivity contribution is -0.141. The molecule has 3 rings (SSSR count). The summed E-state index contributed by atoms with van der Waals surface area (Å²) in [5, 5.41) is 9.60. The number of aryl methyl sites for hydroxylation is 1. The molecule has 0 spiro atoms. The van der Waals surface area contributed by atoms with Crippen molar-refractivity contribution in [3.05, 3.63) is 59.7 Å². The summed E-state index contributed by atoms with van der Waals surface area (Å²) >= 11 is 0. The van der Waals surface area contributed by atoms with Crippen molar-refractivity contribution >= 4 is 11.9 Å². The highest BCUT2D eigenvalue weighted by Crippen LogP contribution is 2.33. The van der Waals surface area contributed by atoms with Crippen molar-refractivity contribution in [1.29, 1.82) is 0 Å². The van der Waals surface area contributed by atoms with Gasteiger partial charge in [-0.05, 0) is 29.7 Å². The van der Waals surface area contributed by atoms with Gasteiger partial charge in [0.25, 0.3) is 0 Å². The van der Waals surface area contributed by atoms with Gasteiger partial charge in [0.2, 0.25) is 5.91 Å². The first kappa shape index (κ1) is 19.7. The molecule has 1 heterocycles. The number of rotatable bonds is 7. The number of hydrogen-bond donors (Lipinski definition) is 1. The van der Waals surface area contributed by atoms with E-state index in [0.717, 1.165) is 11.1 Å². The Kier molecular flexibility index (Phi) is 6.19. The number of carboxylic acids is 1. The van der Waals surface area contributed by atoms with Crippen molar-refractivity contribution in [2.75, 3.05) is 27.3 Å². The van der Waals surface area contributed by atoms with Crippen LogP contribution in [0.5, 0.6) is 11.5 Å². The fraction of sp³-hybridized carbons (Fsp3) is 0.364. The Morgan fingerprint density at radius 1 is 1.04 bits per heavy atom. The monoisotopic (exact) mass is 383 g/mol. The highest BCUT2D eigenvalue weighted by molar-refractivity contribution is 5.80. The van der Waals surface area contributed by atoms with E-state index in [4.69, 9.17) is 9.47 Å². The predicted molar refractivity (Wildman–Crippen MR) is 105 cm³/mol. The first-order chi connectivity index (χ1) is 13.5. The van der Waals surface area contributed by atoms with Crippen molar-refractivity contribution in [3.63, 3.8) is 0 Å². The smallest absolute Gasteiger partial charge is 0.308 e. The molecule has 148 valence electrons. The maximum absolute atomic E-state index is 12.7. The third kappa shape index (κ3) is 4.27. The van der Waals surface area contributed by atoms with Crippen molar-refractivity contribution in [3.8, 4) is 11.5 Å². The molecule has 2 unspecified atom stereocenters. The number of nitrogens with zero attached hydrogens (tertiary/aromatic N) is 1. The summed E-state index contributed by atoms with van der Waals surface area (Å²) in [6.07, 6.45) is 0.882. The van der Waals surface area contributed by atoms with E-state index in [2.05, 4.69) is 0 Å². The van der Waals surface area contributed by atoms with Crippen LogP contribution in [0.4, 0.5) is 0 Å². The SMILES string of the molecule is COc1ccc(CCC(=O)N2CC(C(=O)O)C(c3ccccc3)C2)cc1OC. The van der Waals surface area contributed by atoms with E-state index in [-0.39, 0.29) is 18.4 Å². The lowest BCUT2D eigenvalue weighted by Gasteiger charge is -2.17. The first-order valence-electron chi connectivity index (χ1n) is 9.30. The lowest BCUT2D eigenvalue weighted by Crippen LogP contribution is -2.30. The lowest BCUT2D eigenvalue weighted by atomic mass is 9.89. The molecule has 2 aromatic rings. The Morgan fingerprint density at radius 3 is 2.39 bits per heavy atom. The number of likely N-dealkylation sites (tertiary alicyclic amines) is 1. The van der Waals surface area contributed by atoms with E-state index in [0.29, 0.717) is 30.9 Å². The van der Waals surface area contributed by atoms with E-state index in [9.17, 15) is 14.7 Å². The fourth-order valence-corrected chi connectivity index (χ4v) is 3.74. The van der Waals surface area contributed by atoms with Crippen LogP contribution in [0, 0.1) is 5.92 Å². The maximum atomic E-state index is 12.7. The minimum Gasteiger partial charge on any atom is -0.493 e. The Bertz CT molecular complexity index is 836. The number of hydrogen-bond acceptors (Lipinski definition) is 4. The van der Waals surface area contributed by atoms with Crippen molar-refractivity contribution < 1.29 is 24.2 Å². The molecule has 1 N–H and O–H groups in total. The van der Waals surface area contributed by atoms with Gasteiger partial charge in [-0.3, -0.25) is 9.59 Å². The number of aliphatic carboxylic acids is 1. The van der Waals surface area contributed by atoms with Crippen LogP contribution < -0.4 is 9.47 Å². The van der Waals surface area contributed by atoms with Crippen molar-refractivity contribution in [1.82, 2.24) is 4.90 Å². The highest BCUT2D eigenvalue weighted by atomic mass is 16.5. The fourth-order valence-electron chi connectivity index (χ4n) is 3.74. The summed E-state index contributed by atoms with van der Waals surface area (Å²) < 4.78 is 10.5. The molecular formula is C22H25NO5. The zero-order valence-corrected chi connectivity index (χ0v) is 16.1. The van der Waals surface area contributed by atoms with Crippen LogP contribution in [-0.2, 0) is 16.0 Å². The average Bonchev–Trinajstić information content (AvgIpc) is 3.18. The largest absolute Gasteiger partial charge is 0.493 e. The molecular weight excluding hydrogens is 358 g/mol. The average molecular weight is 383 g/mol. The van der Waals surface area contributed by atoms with Gasteiger partial charge >= 0.3 is 5.97 Å². The van der Waals surface area contributed by atoms with E-state index < -0.39 is 11.9 Å². The first-order valence-corrected chi connectivity index (χ1v) is 9.30. The third-order valence-corrected chi connectivity index (χ3v) is 5.29. The molecule has 2 aromatic carbocycles. The second-order valence-corrected chi connectivity index (χ2v) is 6.95. The molecule has 0 saturated carbocycles. The van der Waals surface area contributed by atoms with Crippen LogP contribution in [0.25, 0.3) is 0 Å². The number of carbonyl (C=O) groups excluding carboxylic acids is 1. The molecule has 0 radical (unpaired) electrons. The molecule has 1 fully saturated rings. The second-order valence-electron chi connectivity index (χ2n) is 6.95. The Balaban J connectivity index is 1.65. The van der Waals surface area contributed by atoms with Crippen LogP contribution in [0.1, 0.15) is 23.5 Å². The summed E-state index contributed by atoms with van der Waals surface area (Å²) in [5.74, 6) is -0.365. The van der Waals surface area contributed by atoms with Gasteiger partial charge < -0.3 is 19.5 Å². The van der Waals surface area contributed by atoms with Crippen LogP contribution in [0.15, 0.2) is 48.5 Å². The molecule has 28 heavy (non-hydrogen) atoms. The standard InChI is InChI=1S/C22H25NO5/c1-27-19-10-8-15(12-20(19)28-2)9-11-21(24)23-13-17(18(14-23)22(25)26)16-6-4-3-5-7-16/h3-8,10,12,17-18H,9,11,13-14H2,1-2H3,(H,25,26). The molecule has 0 aromatic heterocycles. The van der Waals surface area contributed by atoms with Gasteiger partial charge in [0.05, 0.1) is 20.1 Å². The molecule has 1 amide bonds. The molecule has 6 nitrogen and oxygen atoms in total. The number of amides is 1. The summed E-state index contributed by atoms with van der Waals surface area (Å²) in [4.78, 5) is 26.1. The van der Waals surface area contributed by atoms with Crippen molar-refractivity contribution in [2.45, 2.75) is 18.8 Å². The quantitative estimate of drug-likeness (QED) is 0.796. The van der Waals surface area contributed by atoms with Crippen molar-refractivity contribution in [2.24, 2.45) is 5.92 Å². The molecule has 0 bridgehead atoms. The summed E-state index contributed by atoms with van der Waals surface area (Å²) in [6, 6.07) is 15.1. The topological polar surface area (TPSA) is 76.1 Å². The van der Waals surface area contributed by atoms with Gasteiger partial charge in [-0.2, -0.15) is 0 Å². The number of carboxylic acid groups (broad SMARTS) is 1. The summed E-state index contributed by atoms with van der Waals surface area (Å²) in [5.41, 5.74) is 1.93. The molecule has 1 aliphatic heterocycles. The summed E-state index contributed by atoms with van der Waals surface area (Å²) in [6.45, 7) is 0.686. The third-order valence-electron chi connectivity index (χ3n) is 5.29. The highest BCUT2D eigenvalue weighted by Gasteiger charge is 2.40. The van der Waals surface area contributed by atoms with Gasteiger partial charge in [0.15, 0.2) is 11.5 Å². The van der Waals surface area contributed by atoms with Crippen LogP contribution in [0.2, 0.25) is 0 Å². The number of benzene rings is 2. The Hall–Kier alpha value is -3.02.